The first-order valence-corrected chi connectivity index (χ1v) is 11.8. The molecule has 0 amide bonds. The van der Waals surface area contributed by atoms with Gasteiger partial charge in [-0.15, -0.1) is 0 Å². The fourth-order valence-corrected chi connectivity index (χ4v) is 5.77. The zero-order valence-corrected chi connectivity index (χ0v) is 16.6. The van der Waals surface area contributed by atoms with E-state index >= 15 is 0 Å². The molecule has 0 unspecified atom stereocenters. The summed E-state index contributed by atoms with van der Waals surface area (Å²) in [7, 11) is -1.82. The number of aliphatic hydroxyl groups excluding tert-OH is 1. The molecule has 0 spiro atoms. The van der Waals surface area contributed by atoms with Crippen LogP contribution in [0.4, 0.5) is 0 Å². The lowest BCUT2D eigenvalue weighted by Gasteiger charge is -2.58. The Kier molecular flexibility index (Phi) is 4.67. The molecule has 0 bridgehead atoms. The Morgan fingerprint density at radius 1 is 1.09 bits per heavy atom. The van der Waals surface area contributed by atoms with E-state index in [-0.39, 0.29) is 28.6 Å². The summed E-state index contributed by atoms with van der Waals surface area (Å²) >= 11 is 0. The highest BCUT2D eigenvalue weighted by Crippen LogP contribution is 2.56. The Morgan fingerprint density at radius 2 is 1.68 bits per heavy atom. The van der Waals surface area contributed by atoms with Crippen molar-refractivity contribution in [3.8, 4) is 0 Å². The van der Waals surface area contributed by atoms with Gasteiger partial charge in [0.15, 0.2) is 8.32 Å². The zero-order chi connectivity index (χ0) is 17.0. The summed E-state index contributed by atoms with van der Waals surface area (Å²) in [6, 6.07) is 0. The lowest BCUT2D eigenvalue weighted by atomic mass is 9.53. The minimum Gasteiger partial charge on any atom is -0.413 e. The van der Waals surface area contributed by atoms with Gasteiger partial charge in [-0.1, -0.05) is 27.7 Å². The summed E-state index contributed by atoms with van der Waals surface area (Å²) in [5.74, 6) is 0.132. The van der Waals surface area contributed by atoms with Gasteiger partial charge in [0.05, 0.1) is 17.8 Å². The first-order chi connectivity index (χ1) is 9.80. The molecule has 5 atom stereocenters. The molecule has 0 aromatic rings. The van der Waals surface area contributed by atoms with Crippen LogP contribution in [-0.2, 0) is 4.43 Å². The monoisotopic (exact) mass is 328 g/mol. The van der Waals surface area contributed by atoms with Crippen LogP contribution in [0.5, 0.6) is 0 Å². The molecule has 2 saturated carbocycles. The van der Waals surface area contributed by atoms with E-state index in [2.05, 4.69) is 40.8 Å². The fraction of sp³-hybridized carbons (Fsp3) is 1.00. The van der Waals surface area contributed by atoms with Crippen molar-refractivity contribution in [2.24, 2.45) is 11.3 Å². The van der Waals surface area contributed by atoms with Gasteiger partial charge >= 0.3 is 0 Å². The van der Waals surface area contributed by atoms with Gasteiger partial charge in [-0.2, -0.15) is 0 Å². The van der Waals surface area contributed by atoms with Crippen molar-refractivity contribution < 1.29 is 14.6 Å². The normalized spacial score (nSPS) is 43.8. The summed E-state index contributed by atoms with van der Waals surface area (Å²) in [6.07, 6.45) is 4.15. The maximum Gasteiger partial charge on any atom is 0.192 e. The first kappa shape index (κ1) is 18.4. The van der Waals surface area contributed by atoms with Gasteiger partial charge < -0.3 is 14.6 Å². The summed E-state index contributed by atoms with van der Waals surface area (Å²) in [4.78, 5) is 0. The number of rotatable bonds is 2. The third kappa shape index (κ3) is 3.17. The molecule has 2 aliphatic carbocycles. The zero-order valence-electron chi connectivity index (χ0n) is 15.6. The molecule has 2 fully saturated rings. The second kappa shape index (κ2) is 5.57. The maximum atomic E-state index is 10.9. The number of fused-ring (bicyclic) bond motifs is 1. The third-order valence-corrected chi connectivity index (χ3v) is 11.4. The minimum absolute atomic E-state index is 0.0174. The molecular weight excluding hydrogens is 292 g/mol. The average Bonchev–Trinajstić information content (AvgIpc) is 2.34. The summed E-state index contributed by atoms with van der Waals surface area (Å²) in [5, 5.41) is 21.2. The Labute approximate surface area is 137 Å². The topological polar surface area (TPSA) is 49.7 Å². The molecule has 0 aromatic carbocycles. The summed E-state index contributed by atoms with van der Waals surface area (Å²) in [5.41, 5.74) is -0.695. The second-order valence-corrected chi connectivity index (χ2v) is 14.5. The smallest absolute Gasteiger partial charge is 0.192 e. The number of hydrogen-bond donors (Lipinski definition) is 2. The molecule has 22 heavy (non-hydrogen) atoms. The van der Waals surface area contributed by atoms with Crippen LogP contribution in [0.2, 0.25) is 18.1 Å². The molecule has 0 heterocycles. The van der Waals surface area contributed by atoms with Crippen molar-refractivity contribution in [2.75, 3.05) is 0 Å². The maximum absolute atomic E-state index is 10.9. The van der Waals surface area contributed by atoms with Gasteiger partial charge in [0.25, 0.3) is 0 Å². The Morgan fingerprint density at radius 3 is 2.23 bits per heavy atom. The molecule has 3 nitrogen and oxygen atoms in total. The molecule has 2 aliphatic rings. The van der Waals surface area contributed by atoms with Gasteiger partial charge in [-0.3, -0.25) is 0 Å². The molecule has 0 radical (unpaired) electrons. The minimum atomic E-state index is -1.82. The van der Waals surface area contributed by atoms with Gasteiger partial charge in [0.1, 0.15) is 0 Å². The predicted molar refractivity (Wildman–Crippen MR) is 93.4 cm³/mol. The van der Waals surface area contributed by atoms with Gasteiger partial charge in [-0.05, 0) is 68.5 Å². The van der Waals surface area contributed by atoms with Crippen molar-refractivity contribution in [2.45, 2.75) is 103 Å². The van der Waals surface area contributed by atoms with Crippen LogP contribution < -0.4 is 0 Å². The third-order valence-electron chi connectivity index (χ3n) is 6.96. The molecule has 2 N–H and O–H groups in total. The van der Waals surface area contributed by atoms with Crippen LogP contribution in [0.3, 0.4) is 0 Å². The standard InChI is InChI=1S/C18H36O3Si/c1-16(2,3)22(6,7)21-15-9-11-18(5,20)14-12-13(19)8-10-17(14,15)4/h13-15,19-20H,8-12H2,1-7H3/t13-,14-,15-,17-,18-/m0/s1. The molecule has 0 aliphatic heterocycles. The van der Waals surface area contributed by atoms with Crippen LogP contribution in [0, 0.1) is 11.3 Å². The molecule has 0 saturated heterocycles. The van der Waals surface area contributed by atoms with E-state index in [1.807, 2.05) is 6.92 Å². The SMILES string of the molecule is CC(C)(C)[Si](C)(C)O[C@H]1CC[C@](C)(O)[C@H]2C[C@@H](O)CC[C@]12C. The highest BCUT2D eigenvalue weighted by molar-refractivity contribution is 6.74. The highest BCUT2D eigenvalue weighted by Gasteiger charge is 2.57. The Balaban J connectivity index is 2.27. The van der Waals surface area contributed by atoms with Crippen LogP contribution in [0.1, 0.15) is 66.7 Å². The van der Waals surface area contributed by atoms with E-state index in [1.54, 1.807) is 0 Å². The largest absolute Gasteiger partial charge is 0.413 e. The van der Waals surface area contributed by atoms with Crippen molar-refractivity contribution in [3.05, 3.63) is 0 Å². The van der Waals surface area contributed by atoms with E-state index in [0.29, 0.717) is 6.42 Å². The Bertz CT molecular complexity index is 413. The average molecular weight is 329 g/mol. The quantitative estimate of drug-likeness (QED) is 0.751. The summed E-state index contributed by atoms with van der Waals surface area (Å²) < 4.78 is 6.79. The lowest BCUT2D eigenvalue weighted by Crippen LogP contribution is -2.61. The van der Waals surface area contributed by atoms with Crippen molar-refractivity contribution in [1.29, 1.82) is 0 Å². The fourth-order valence-electron chi connectivity index (χ4n) is 4.31. The molecular formula is C18H36O3Si. The molecule has 0 aromatic heterocycles. The van der Waals surface area contributed by atoms with E-state index < -0.39 is 13.9 Å². The highest BCUT2D eigenvalue weighted by atomic mass is 28.4. The van der Waals surface area contributed by atoms with E-state index in [4.69, 9.17) is 4.43 Å². The molecule has 2 rings (SSSR count). The number of hydrogen-bond acceptors (Lipinski definition) is 3. The van der Waals surface area contributed by atoms with E-state index in [9.17, 15) is 10.2 Å². The van der Waals surface area contributed by atoms with E-state index in [1.165, 1.54) is 0 Å². The van der Waals surface area contributed by atoms with Crippen LogP contribution in [-0.4, -0.2) is 36.3 Å². The van der Waals surface area contributed by atoms with Crippen LogP contribution >= 0.6 is 0 Å². The van der Waals surface area contributed by atoms with Gasteiger partial charge in [-0.25, -0.2) is 0 Å². The number of aliphatic hydroxyl groups is 2. The van der Waals surface area contributed by atoms with Gasteiger partial charge in [0, 0.05) is 0 Å². The predicted octanol–water partition coefficient (Wildman–Crippen LogP) is 4.09. The lowest BCUT2D eigenvalue weighted by molar-refractivity contribution is -0.177. The molecule has 130 valence electrons. The van der Waals surface area contributed by atoms with Crippen LogP contribution in [0.25, 0.3) is 0 Å². The first-order valence-electron chi connectivity index (χ1n) is 8.88. The van der Waals surface area contributed by atoms with Crippen molar-refractivity contribution >= 4 is 8.32 Å². The van der Waals surface area contributed by atoms with Crippen molar-refractivity contribution in [3.63, 3.8) is 0 Å². The van der Waals surface area contributed by atoms with Gasteiger partial charge in [0.2, 0.25) is 0 Å². The Hall–Kier alpha value is 0.0969. The summed E-state index contributed by atoms with van der Waals surface area (Å²) in [6.45, 7) is 15.7. The molecule has 4 heteroatoms. The van der Waals surface area contributed by atoms with E-state index in [0.717, 1.165) is 25.7 Å². The second-order valence-electron chi connectivity index (χ2n) is 9.75. The van der Waals surface area contributed by atoms with Crippen LogP contribution in [0.15, 0.2) is 0 Å². The van der Waals surface area contributed by atoms with Crippen molar-refractivity contribution in [1.82, 2.24) is 0 Å².